The standard InChI is InChI=1S/C17H19N3OS.C2H6/c1-12-4-7-14(8-5-12)22-18-13-6-9-15-16(10-13)19(2)11-17(21)20(15)3;1-2/h4-10,18H,11H2,1-3H3;1-2H3. The summed E-state index contributed by atoms with van der Waals surface area (Å²) in [4.78, 5) is 16.7. The second-order valence-corrected chi connectivity index (χ2v) is 6.41. The Kier molecular flexibility index (Phi) is 6.15. The van der Waals surface area contributed by atoms with Crippen molar-refractivity contribution < 1.29 is 4.79 Å². The van der Waals surface area contributed by atoms with Crippen LogP contribution in [0.3, 0.4) is 0 Å². The van der Waals surface area contributed by atoms with Gasteiger partial charge in [0.2, 0.25) is 5.91 Å². The molecule has 1 aliphatic rings. The van der Waals surface area contributed by atoms with Gasteiger partial charge in [0.1, 0.15) is 0 Å². The van der Waals surface area contributed by atoms with Gasteiger partial charge in [-0.25, -0.2) is 0 Å². The summed E-state index contributed by atoms with van der Waals surface area (Å²) in [7, 11) is 3.77. The van der Waals surface area contributed by atoms with Crippen molar-refractivity contribution in [2.24, 2.45) is 0 Å². The van der Waals surface area contributed by atoms with Gasteiger partial charge in [-0.3, -0.25) is 4.79 Å². The van der Waals surface area contributed by atoms with Gasteiger partial charge in [-0.2, -0.15) is 0 Å². The van der Waals surface area contributed by atoms with Crippen LogP contribution in [0.1, 0.15) is 19.4 Å². The Balaban J connectivity index is 0.00000100. The lowest BCUT2D eigenvalue weighted by molar-refractivity contribution is -0.117. The topological polar surface area (TPSA) is 35.6 Å². The molecule has 1 heterocycles. The number of benzene rings is 2. The maximum atomic E-state index is 11.9. The molecule has 1 amide bonds. The highest BCUT2D eigenvalue weighted by Crippen LogP contribution is 2.35. The second-order valence-electron chi connectivity index (χ2n) is 5.53. The van der Waals surface area contributed by atoms with Crippen LogP contribution in [0.2, 0.25) is 0 Å². The van der Waals surface area contributed by atoms with Crippen LogP contribution in [0.25, 0.3) is 0 Å². The van der Waals surface area contributed by atoms with Crippen LogP contribution in [0.4, 0.5) is 17.1 Å². The number of nitrogens with zero attached hydrogens (tertiary/aromatic N) is 2. The number of hydrogen-bond acceptors (Lipinski definition) is 4. The maximum absolute atomic E-state index is 11.9. The Bertz CT molecular complexity index is 700. The van der Waals surface area contributed by atoms with E-state index < -0.39 is 0 Å². The van der Waals surface area contributed by atoms with Crippen molar-refractivity contribution in [2.75, 3.05) is 35.2 Å². The van der Waals surface area contributed by atoms with E-state index in [0.29, 0.717) is 6.54 Å². The molecule has 2 aromatic carbocycles. The van der Waals surface area contributed by atoms with Crippen molar-refractivity contribution >= 4 is 34.9 Å². The summed E-state index contributed by atoms with van der Waals surface area (Å²) in [5, 5.41) is 0. The minimum atomic E-state index is 0.115. The van der Waals surface area contributed by atoms with Crippen LogP contribution in [0.5, 0.6) is 0 Å². The zero-order valence-corrected chi connectivity index (χ0v) is 15.8. The van der Waals surface area contributed by atoms with Crippen LogP contribution >= 0.6 is 11.9 Å². The van der Waals surface area contributed by atoms with Gasteiger partial charge in [-0.05, 0) is 49.2 Å². The molecular weight excluding hydrogens is 318 g/mol. The lowest BCUT2D eigenvalue weighted by Gasteiger charge is -2.33. The van der Waals surface area contributed by atoms with Crippen molar-refractivity contribution in [3.63, 3.8) is 0 Å². The van der Waals surface area contributed by atoms with Crippen molar-refractivity contribution in [1.82, 2.24) is 0 Å². The third kappa shape index (κ3) is 4.03. The van der Waals surface area contributed by atoms with E-state index >= 15 is 0 Å². The van der Waals surface area contributed by atoms with E-state index in [4.69, 9.17) is 0 Å². The number of hydrogen-bond donors (Lipinski definition) is 1. The average Bonchev–Trinajstić information content (AvgIpc) is 2.61. The van der Waals surface area contributed by atoms with Crippen molar-refractivity contribution in [3.8, 4) is 0 Å². The smallest absolute Gasteiger partial charge is 0.246 e. The highest BCUT2D eigenvalue weighted by atomic mass is 32.2. The molecular formula is C19H25N3OS. The molecule has 0 atom stereocenters. The molecule has 24 heavy (non-hydrogen) atoms. The Morgan fingerprint density at radius 1 is 1.00 bits per heavy atom. The van der Waals surface area contributed by atoms with Crippen molar-refractivity contribution in [1.29, 1.82) is 0 Å². The summed E-state index contributed by atoms with van der Waals surface area (Å²) < 4.78 is 3.36. The van der Waals surface area contributed by atoms with E-state index in [1.807, 2.05) is 45.0 Å². The first kappa shape index (κ1) is 18.2. The molecule has 1 aliphatic heterocycles. The van der Waals surface area contributed by atoms with Crippen molar-refractivity contribution in [3.05, 3.63) is 48.0 Å². The molecule has 0 bridgehead atoms. The van der Waals surface area contributed by atoms with Crippen LogP contribution < -0.4 is 14.5 Å². The Hall–Kier alpha value is -2.14. The molecule has 5 heteroatoms. The van der Waals surface area contributed by atoms with Gasteiger partial charge in [-0.15, -0.1) is 0 Å². The first-order chi connectivity index (χ1) is 11.5. The largest absolute Gasteiger partial charge is 0.364 e. The van der Waals surface area contributed by atoms with Crippen molar-refractivity contribution in [2.45, 2.75) is 25.7 Å². The quantitative estimate of drug-likeness (QED) is 0.829. The number of fused-ring (bicyclic) bond motifs is 1. The van der Waals surface area contributed by atoms with Gasteiger partial charge in [0, 0.05) is 24.7 Å². The molecule has 0 saturated heterocycles. The van der Waals surface area contributed by atoms with E-state index in [9.17, 15) is 4.79 Å². The molecule has 0 radical (unpaired) electrons. The highest BCUT2D eigenvalue weighted by molar-refractivity contribution is 8.00. The summed E-state index contributed by atoms with van der Waals surface area (Å²) in [5.41, 5.74) is 4.30. The first-order valence-electron chi connectivity index (χ1n) is 8.16. The molecule has 3 rings (SSSR count). The van der Waals surface area contributed by atoms with E-state index in [-0.39, 0.29) is 5.91 Å². The first-order valence-corrected chi connectivity index (χ1v) is 8.97. The molecule has 0 aromatic heterocycles. The molecule has 0 spiro atoms. The molecule has 0 saturated carbocycles. The summed E-state index contributed by atoms with van der Waals surface area (Å²) in [6.45, 7) is 6.50. The second kappa shape index (κ2) is 8.11. The fourth-order valence-electron chi connectivity index (χ4n) is 2.43. The predicted octanol–water partition coefficient (Wildman–Crippen LogP) is 4.55. The predicted molar refractivity (Wildman–Crippen MR) is 105 cm³/mol. The van der Waals surface area contributed by atoms with Gasteiger partial charge in [0.15, 0.2) is 0 Å². The summed E-state index contributed by atoms with van der Waals surface area (Å²) in [5.74, 6) is 0.115. The number of anilines is 3. The van der Waals surface area contributed by atoms with E-state index in [1.165, 1.54) is 10.5 Å². The maximum Gasteiger partial charge on any atom is 0.246 e. The van der Waals surface area contributed by atoms with Gasteiger partial charge in [0.05, 0.1) is 17.9 Å². The van der Waals surface area contributed by atoms with E-state index in [2.05, 4.69) is 42.0 Å². The molecule has 2 aromatic rings. The summed E-state index contributed by atoms with van der Waals surface area (Å²) in [6, 6.07) is 14.5. The zero-order valence-electron chi connectivity index (χ0n) is 15.0. The van der Waals surface area contributed by atoms with Crippen LogP contribution in [-0.2, 0) is 4.79 Å². The van der Waals surface area contributed by atoms with Gasteiger partial charge in [0.25, 0.3) is 0 Å². The molecule has 0 fully saturated rings. The number of aryl methyl sites for hydroxylation is 1. The monoisotopic (exact) mass is 343 g/mol. The van der Waals surface area contributed by atoms with Gasteiger partial charge in [-0.1, -0.05) is 31.5 Å². The minimum absolute atomic E-state index is 0.115. The van der Waals surface area contributed by atoms with E-state index in [0.717, 1.165) is 17.1 Å². The number of carbonyl (C=O) groups is 1. The van der Waals surface area contributed by atoms with Crippen LogP contribution in [-0.4, -0.2) is 26.5 Å². The van der Waals surface area contributed by atoms with Gasteiger partial charge >= 0.3 is 0 Å². The lowest BCUT2D eigenvalue weighted by atomic mass is 10.1. The van der Waals surface area contributed by atoms with E-state index in [1.54, 1.807) is 16.8 Å². The van der Waals surface area contributed by atoms with Crippen LogP contribution in [0, 0.1) is 6.92 Å². The minimum Gasteiger partial charge on any atom is -0.364 e. The number of nitrogens with one attached hydrogen (secondary N) is 1. The summed E-state index contributed by atoms with van der Waals surface area (Å²) >= 11 is 1.59. The Morgan fingerprint density at radius 2 is 1.67 bits per heavy atom. The zero-order chi connectivity index (χ0) is 17.7. The third-order valence-electron chi connectivity index (χ3n) is 3.80. The number of carbonyl (C=O) groups excluding carboxylic acids is 1. The number of amides is 1. The number of rotatable bonds is 3. The SMILES string of the molecule is CC.Cc1ccc(SNc2ccc3c(c2)N(C)CC(=O)N3C)cc1. The Morgan fingerprint density at radius 3 is 2.33 bits per heavy atom. The molecule has 0 unspecified atom stereocenters. The van der Waals surface area contributed by atoms with Crippen LogP contribution in [0.15, 0.2) is 47.4 Å². The third-order valence-corrected chi connectivity index (χ3v) is 4.65. The summed E-state index contributed by atoms with van der Waals surface area (Å²) in [6.07, 6.45) is 0. The fraction of sp³-hybridized carbons (Fsp3) is 0.316. The average molecular weight is 343 g/mol. The molecule has 1 N–H and O–H groups in total. The van der Waals surface area contributed by atoms with Gasteiger partial charge < -0.3 is 14.5 Å². The highest BCUT2D eigenvalue weighted by Gasteiger charge is 2.24. The molecule has 4 nitrogen and oxygen atoms in total. The molecule has 0 aliphatic carbocycles. The lowest BCUT2D eigenvalue weighted by Crippen LogP contribution is -2.41. The fourth-order valence-corrected chi connectivity index (χ4v) is 3.06. The Labute approximate surface area is 149 Å². The normalized spacial score (nSPS) is 13.1. The number of likely N-dealkylation sites (N-methyl/N-ethyl adjacent to an activating group) is 2. The molecule has 128 valence electrons.